The van der Waals surface area contributed by atoms with Crippen LogP contribution < -0.4 is 5.32 Å². The van der Waals surface area contributed by atoms with Crippen molar-refractivity contribution in [3.63, 3.8) is 0 Å². The van der Waals surface area contributed by atoms with Crippen molar-refractivity contribution in [2.45, 2.75) is 25.8 Å². The van der Waals surface area contributed by atoms with Crippen molar-refractivity contribution >= 4 is 5.91 Å². The minimum atomic E-state index is -0.287. The first-order valence-corrected chi connectivity index (χ1v) is 9.86. The molecule has 4 heteroatoms. The number of hydrogen-bond acceptors (Lipinski definition) is 3. The lowest BCUT2D eigenvalue weighted by Gasteiger charge is -2.37. The second-order valence-corrected chi connectivity index (χ2v) is 7.46. The summed E-state index contributed by atoms with van der Waals surface area (Å²) in [6.45, 7) is 8.50. The number of hydrogen-bond donors (Lipinski definition) is 1. The van der Waals surface area contributed by atoms with Crippen LogP contribution in [-0.4, -0.2) is 49.7 Å². The Balaban J connectivity index is 1.74. The van der Waals surface area contributed by atoms with Gasteiger partial charge in [0.1, 0.15) is 0 Å². The van der Waals surface area contributed by atoms with Crippen LogP contribution in [0.5, 0.6) is 0 Å². The third-order valence-electron chi connectivity index (χ3n) is 5.30. The monoisotopic (exact) mass is 366 g/mol. The van der Waals surface area contributed by atoms with Crippen LogP contribution in [0.4, 0.5) is 0 Å². The fourth-order valence-corrected chi connectivity index (χ4v) is 3.79. The Morgan fingerprint density at radius 3 is 1.96 bits per heavy atom. The summed E-state index contributed by atoms with van der Waals surface area (Å²) in [5.74, 6) is 0.242. The molecule has 3 rings (SSSR count). The molecular weight excluding hydrogens is 336 g/mol. The number of rotatable bonds is 7. The number of carbonyl (C=O) groups is 1. The molecule has 0 spiro atoms. The van der Waals surface area contributed by atoms with Crippen LogP contribution in [0.3, 0.4) is 0 Å². The van der Waals surface area contributed by atoms with E-state index in [2.05, 4.69) is 24.1 Å². The maximum atomic E-state index is 13.2. The molecule has 4 nitrogen and oxygen atoms in total. The van der Waals surface area contributed by atoms with Crippen molar-refractivity contribution in [1.29, 1.82) is 0 Å². The summed E-state index contributed by atoms with van der Waals surface area (Å²) in [6.07, 6.45) is 0. The Morgan fingerprint density at radius 1 is 0.963 bits per heavy atom. The van der Waals surface area contributed by atoms with Crippen LogP contribution in [0.15, 0.2) is 60.7 Å². The van der Waals surface area contributed by atoms with Gasteiger partial charge in [0.15, 0.2) is 0 Å². The van der Waals surface area contributed by atoms with Crippen LogP contribution in [0.1, 0.15) is 30.9 Å². The zero-order valence-electron chi connectivity index (χ0n) is 16.3. The third kappa shape index (κ3) is 5.18. The molecule has 0 aliphatic carbocycles. The van der Waals surface area contributed by atoms with E-state index in [1.165, 1.54) is 0 Å². The van der Waals surface area contributed by atoms with Crippen molar-refractivity contribution in [3.8, 4) is 0 Å². The quantitative estimate of drug-likeness (QED) is 0.818. The Labute approximate surface area is 162 Å². The minimum Gasteiger partial charge on any atom is -0.379 e. The van der Waals surface area contributed by atoms with E-state index in [1.54, 1.807) is 0 Å². The topological polar surface area (TPSA) is 41.6 Å². The third-order valence-corrected chi connectivity index (χ3v) is 5.30. The minimum absolute atomic E-state index is 0.0614. The average molecular weight is 367 g/mol. The van der Waals surface area contributed by atoms with Crippen LogP contribution in [0, 0.1) is 5.92 Å². The molecule has 1 N–H and O–H groups in total. The van der Waals surface area contributed by atoms with Crippen LogP contribution >= 0.6 is 0 Å². The van der Waals surface area contributed by atoms with Gasteiger partial charge in [-0.25, -0.2) is 0 Å². The van der Waals surface area contributed by atoms with E-state index in [1.807, 2.05) is 60.7 Å². The maximum absolute atomic E-state index is 13.2. The molecule has 1 amide bonds. The summed E-state index contributed by atoms with van der Waals surface area (Å²) in [7, 11) is 0. The Kier molecular flexibility index (Phi) is 7.02. The highest BCUT2D eigenvalue weighted by Gasteiger charge is 2.27. The zero-order chi connectivity index (χ0) is 19.1. The van der Waals surface area contributed by atoms with Gasteiger partial charge in [0.2, 0.25) is 5.91 Å². The smallest absolute Gasteiger partial charge is 0.232 e. The van der Waals surface area contributed by atoms with E-state index < -0.39 is 0 Å². The number of morpholine rings is 1. The summed E-state index contributed by atoms with van der Waals surface area (Å²) in [5, 5.41) is 3.24. The van der Waals surface area contributed by atoms with Gasteiger partial charge in [-0.15, -0.1) is 0 Å². The van der Waals surface area contributed by atoms with Gasteiger partial charge in [-0.3, -0.25) is 9.69 Å². The Bertz CT molecular complexity index is 657. The number of carbonyl (C=O) groups excluding carboxylic acids is 1. The highest BCUT2D eigenvalue weighted by Crippen LogP contribution is 2.25. The van der Waals surface area contributed by atoms with Crippen LogP contribution in [-0.2, 0) is 9.53 Å². The van der Waals surface area contributed by atoms with E-state index in [0.29, 0.717) is 18.5 Å². The van der Waals surface area contributed by atoms with E-state index in [4.69, 9.17) is 4.74 Å². The summed E-state index contributed by atoms with van der Waals surface area (Å²) in [5.41, 5.74) is 2.04. The normalized spacial score (nSPS) is 16.4. The van der Waals surface area contributed by atoms with Crippen molar-refractivity contribution in [2.75, 3.05) is 32.8 Å². The second kappa shape index (κ2) is 9.67. The molecule has 144 valence electrons. The highest BCUT2D eigenvalue weighted by atomic mass is 16.5. The summed E-state index contributed by atoms with van der Waals surface area (Å²) >= 11 is 0. The number of benzene rings is 2. The van der Waals surface area contributed by atoms with Crippen molar-refractivity contribution in [2.24, 2.45) is 5.92 Å². The molecule has 1 aliphatic heterocycles. The van der Waals surface area contributed by atoms with Gasteiger partial charge in [-0.05, 0) is 17.0 Å². The van der Waals surface area contributed by atoms with Gasteiger partial charge in [-0.2, -0.15) is 0 Å². The largest absolute Gasteiger partial charge is 0.379 e. The molecule has 2 aromatic carbocycles. The van der Waals surface area contributed by atoms with Crippen LogP contribution in [0.2, 0.25) is 0 Å². The molecule has 0 aromatic heterocycles. The number of ether oxygens (including phenoxy) is 1. The lowest BCUT2D eigenvalue weighted by molar-refractivity contribution is -0.122. The molecule has 1 saturated heterocycles. The molecule has 0 saturated carbocycles. The van der Waals surface area contributed by atoms with E-state index in [0.717, 1.165) is 37.4 Å². The van der Waals surface area contributed by atoms with Gasteiger partial charge < -0.3 is 10.1 Å². The summed E-state index contributed by atoms with van der Waals surface area (Å²) in [6, 6.07) is 20.4. The molecule has 1 unspecified atom stereocenters. The molecule has 1 fully saturated rings. The number of amides is 1. The zero-order valence-corrected chi connectivity index (χ0v) is 16.3. The van der Waals surface area contributed by atoms with Gasteiger partial charge in [0.25, 0.3) is 0 Å². The lowest BCUT2D eigenvalue weighted by Crippen LogP contribution is -2.51. The molecule has 0 bridgehead atoms. The maximum Gasteiger partial charge on any atom is 0.232 e. The van der Waals surface area contributed by atoms with E-state index >= 15 is 0 Å². The Hall–Kier alpha value is -2.17. The van der Waals surface area contributed by atoms with E-state index in [9.17, 15) is 4.79 Å². The molecule has 1 atom stereocenters. The summed E-state index contributed by atoms with van der Waals surface area (Å²) in [4.78, 5) is 15.6. The molecular formula is C23H30N2O2. The lowest BCUT2D eigenvalue weighted by atomic mass is 9.90. The fourth-order valence-electron chi connectivity index (χ4n) is 3.79. The van der Waals surface area contributed by atoms with Crippen molar-refractivity contribution in [3.05, 3.63) is 71.8 Å². The Morgan fingerprint density at radius 2 is 1.48 bits per heavy atom. The first-order chi connectivity index (χ1) is 13.2. The second-order valence-electron chi connectivity index (χ2n) is 7.46. The number of nitrogens with zero attached hydrogens (tertiary/aromatic N) is 1. The average Bonchev–Trinajstić information content (AvgIpc) is 2.70. The first-order valence-electron chi connectivity index (χ1n) is 9.86. The summed E-state index contributed by atoms with van der Waals surface area (Å²) < 4.78 is 5.48. The van der Waals surface area contributed by atoms with Gasteiger partial charge in [-0.1, -0.05) is 74.5 Å². The van der Waals surface area contributed by atoms with Gasteiger partial charge in [0, 0.05) is 25.7 Å². The molecule has 0 radical (unpaired) electrons. The predicted octanol–water partition coefficient (Wildman–Crippen LogP) is 3.29. The van der Waals surface area contributed by atoms with Crippen LogP contribution in [0.25, 0.3) is 0 Å². The fraction of sp³-hybridized carbons (Fsp3) is 0.435. The highest BCUT2D eigenvalue weighted by molar-refractivity contribution is 5.87. The van der Waals surface area contributed by atoms with Gasteiger partial charge >= 0.3 is 0 Å². The standard InChI is InChI=1S/C23H30N2O2/c1-18(2)21(25-13-15-27-16-14-25)17-24-23(26)22(19-9-5-3-6-10-19)20-11-7-4-8-12-20/h3-12,18,21-22H,13-17H2,1-2H3,(H,24,26). The van der Waals surface area contributed by atoms with Crippen molar-refractivity contribution < 1.29 is 9.53 Å². The first kappa shape index (κ1) is 19.6. The molecule has 1 aliphatic rings. The number of nitrogens with one attached hydrogen (secondary N) is 1. The van der Waals surface area contributed by atoms with Crippen molar-refractivity contribution in [1.82, 2.24) is 10.2 Å². The SMILES string of the molecule is CC(C)C(CNC(=O)C(c1ccccc1)c1ccccc1)N1CCOCC1. The predicted molar refractivity (Wildman–Crippen MR) is 109 cm³/mol. The molecule has 1 heterocycles. The molecule has 27 heavy (non-hydrogen) atoms. The van der Waals surface area contributed by atoms with E-state index in [-0.39, 0.29) is 11.8 Å². The van der Waals surface area contributed by atoms with Gasteiger partial charge in [0.05, 0.1) is 19.1 Å². The molecule has 2 aromatic rings.